The molecule has 5 nitrogen and oxygen atoms in total. The third-order valence-corrected chi connectivity index (χ3v) is 6.34. The second-order valence-corrected chi connectivity index (χ2v) is 8.61. The largest absolute Gasteiger partial charge is 0.350 e. The monoisotopic (exact) mass is 394 g/mol. The van der Waals surface area contributed by atoms with Gasteiger partial charge in [0.05, 0.1) is 21.2 Å². The molecule has 0 saturated heterocycles. The highest BCUT2D eigenvalue weighted by Crippen LogP contribution is 2.27. The molecule has 2 rings (SSSR count). The number of rotatable bonds is 6. The van der Waals surface area contributed by atoms with Gasteiger partial charge in [0.2, 0.25) is 0 Å². The summed E-state index contributed by atoms with van der Waals surface area (Å²) in [5.41, 5.74) is 1.68. The van der Waals surface area contributed by atoms with E-state index in [4.69, 9.17) is 11.6 Å². The summed E-state index contributed by atoms with van der Waals surface area (Å²) < 4.78 is 26.7. The van der Waals surface area contributed by atoms with Crippen molar-refractivity contribution in [3.63, 3.8) is 0 Å². The summed E-state index contributed by atoms with van der Waals surface area (Å²) in [6.07, 6.45) is 0.805. The number of halogens is 1. The molecule has 1 atom stereocenters. The molecule has 0 saturated carbocycles. The van der Waals surface area contributed by atoms with E-state index in [-0.39, 0.29) is 21.9 Å². The zero-order valence-electron chi connectivity index (χ0n) is 15.3. The number of nitrogens with zero attached hydrogens (tertiary/aromatic N) is 1. The average molecular weight is 395 g/mol. The highest BCUT2D eigenvalue weighted by molar-refractivity contribution is 7.92. The number of aryl methyl sites for hydroxylation is 1. The molecular weight excluding hydrogens is 372 g/mol. The molecule has 0 aliphatic carbocycles. The van der Waals surface area contributed by atoms with E-state index in [1.165, 1.54) is 19.2 Å². The lowest BCUT2D eigenvalue weighted by Gasteiger charge is -2.20. The van der Waals surface area contributed by atoms with Crippen molar-refractivity contribution in [2.45, 2.75) is 38.1 Å². The number of sulfonamides is 1. The van der Waals surface area contributed by atoms with Crippen molar-refractivity contribution in [3.05, 3.63) is 58.6 Å². The van der Waals surface area contributed by atoms with Gasteiger partial charge in [-0.15, -0.1) is 0 Å². The molecule has 2 aromatic rings. The third-order valence-electron chi connectivity index (χ3n) is 4.23. The van der Waals surface area contributed by atoms with Gasteiger partial charge >= 0.3 is 0 Å². The summed E-state index contributed by atoms with van der Waals surface area (Å²) in [5, 5.41) is 3.04. The Balaban J connectivity index is 2.30. The fourth-order valence-corrected chi connectivity index (χ4v) is 3.74. The molecule has 140 valence electrons. The van der Waals surface area contributed by atoms with Gasteiger partial charge < -0.3 is 5.32 Å². The molecule has 1 N–H and O–H groups in total. The van der Waals surface area contributed by atoms with Crippen molar-refractivity contribution in [3.8, 4) is 0 Å². The van der Waals surface area contributed by atoms with Crippen molar-refractivity contribution in [2.75, 3.05) is 11.4 Å². The lowest BCUT2D eigenvalue weighted by molar-refractivity contribution is 0.0939. The Morgan fingerprint density at radius 1 is 1.19 bits per heavy atom. The first-order valence-corrected chi connectivity index (χ1v) is 10.1. The number of nitrogens with one attached hydrogen (secondary N) is 1. The lowest BCUT2D eigenvalue weighted by Crippen LogP contribution is -2.32. The van der Waals surface area contributed by atoms with Gasteiger partial charge in [0.25, 0.3) is 15.9 Å². The molecule has 0 unspecified atom stereocenters. The topological polar surface area (TPSA) is 66.5 Å². The first-order chi connectivity index (χ1) is 12.2. The van der Waals surface area contributed by atoms with E-state index < -0.39 is 10.0 Å². The van der Waals surface area contributed by atoms with Crippen molar-refractivity contribution in [1.29, 1.82) is 0 Å². The van der Waals surface area contributed by atoms with Crippen LogP contribution in [-0.2, 0) is 10.0 Å². The standard InChI is InChI=1S/C19H23ClN2O3S/c1-5-14(3)21-19(23)17-11-8-15(12-18(17)20)22(4)26(24,25)16-9-6-13(2)7-10-16/h6-12,14H,5H2,1-4H3,(H,21,23)/t14-/m1/s1. The first-order valence-electron chi connectivity index (χ1n) is 8.32. The summed E-state index contributed by atoms with van der Waals surface area (Å²) in [5.74, 6) is -0.278. The van der Waals surface area contributed by atoms with Crippen LogP contribution in [0.25, 0.3) is 0 Å². The fourth-order valence-electron chi connectivity index (χ4n) is 2.29. The van der Waals surface area contributed by atoms with Crippen LogP contribution in [0.15, 0.2) is 47.4 Å². The van der Waals surface area contributed by atoms with Crippen LogP contribution < -0.4 is 9.62 Å². The Labute approximate surface area is 160 Å². The summed E-state index contributed by atoms with van der Waals surface area (Å²) in [7, 11) is -2.25. The predicted molar refractivity (Wildman–Crippen MR) is 105 cm³/mol. The van der Waals surface area contributed by atoms with Gasteiger partial charge in [-0.2, -0.15) is 0 Å². The molecule has 0 fully saturated rings. The number of hydrogen-bond donors (Lipinski definition) is 1. The van der Waals surface area contributed by atoms with Gasteiger partial charge in [-0.3, -0.25) is 9.10 Å². The quantitative estimate of drug-likeness (QED) is 0.805. The van der Waals surface area contributed by atoms with Crippen LogP contribution in [0.2, 0.25) is 5.02 Å². The van der Waals surface area contributed by atoms with E-state index in [2.05, 4.69) is 5.32 Å². The molecule has 0 spiro atoms. The van der Waals surface area contributed by atoms with E-state index >= 15 is 0 Å². The maximum absolute atomic E-state index is 12.8. The minimum Gasteiger partial charge on any atom is -0.350 e. The molecule has 0 aliphatic rings. The van der Waals surface area contributed by atoms with Gasteiger partial charge in [-0.05, 0) is 50.6 Å². The molecule has 7 heteroatoms. The number of carbonyl (C=O) groups is 1. The lowest BCUT2D eigenvalue weighted by atomic mass is 10.1. The van der Waals surface area contributed by atoms with E-state index in [9.17, 15) is 13.2 Å². The second kappa shape index (κ2) is 8.10. The second-order valence-electron chi connectivity index (χ2n) is 6.23. The number of carbonyl (C=O) groups excluding carboxylic acids is 1. The van der Waals surface area contributed by atoms with E-state index in [0.29, 0.717) is 11.3 Å². The average Bonchev–Trinajstić information content (AvgIpc) is 2.60. The zero-order valence-corrected chi connectivity index (χ0v) is 16.9. The summed E-state index contributed by atoms with van der Waals surface area (Å²) >= 11 is 6.23. The van der Waals surface area contributed by atoms with Crippen LogP contribution >= 0.6 is 11.6 Å². The Bertz CT molecular complexity index is 896. The highest BCUT2D eigenvalue weighted by Gasteiger charge is 2.22. The highest BCUT2D eigenvalue weighted by atomic mass is 35.5. The van der Waals surface area contributed by atoms with Gasteiger partial charge in [-0.25, -0.2) is 8.42 Å². The molecule has 0 bridgehead atoms. The van der Waals surface area contributed by atoms with Crippen LogP contribution in [-0.4, -0.2) is 27.4 Å². The maximum Gasteiger partial charge on any atom is 0.264 e. The van der Waals surface area contributed by atoms with E-state index in [1.807, 2.05) is 20.8 Å². The number of hydrogen-bond acceptors (Lipinski definition) is 3. The van der Waals surface area contributed by atoms with Crippen molar-refractivity contribution in [2.24, 2.45) is 0 Å². The van der Waals surface area contributed by atoms with Gasteiger partial charge in [-0.1, -0.05) is 36.2 Å². The van der Waals surface area contributed by atoms with E-state index in [1.54, 1.807) is 30.3 Å². The third kappa shape index (κ3) is 4.37. The minimum atomic E-state index is -3.71. The van der Waals surface area contributed by atoms with Crippen molar-refractivity contribution >= 4 is 33.2 Å². The van der Waals surface area contributed by atoms with Gasteiger partial charge in [0, 0.05) is 13.1 Å². The number of benzene rings is 2. The summed E-state index contributed by atoms with van der Waals surface area (Å²) in [6.45, 7) is 5.77. The van der Waals surface area contributed by atoms with Gasteiger partial charge in [0.1, 0.15) is 0 Å². The molecule has 1 amide bonds. The maximum atomic E-state index is 12.8. The molecule has 0 aliphatic heterocycles. The van der Waals surface area contributed by atoms with Crippen LogP contribution in [0.5, 0.6) is 0 Å². The molecule has 0 radical (unpaired) electrons. The molecular formula is C19H23ClN2O3S. The molecule has 2 aromatic carbocycles. The molecule has 0 aromatic heterocycles. The Morgan fingerprint density at radius 2 is 1.81 bits per heavy atom. The molecule has 0 heterocycles. The predicted octanol–water partition coefficient (Wildman–Crippen LogP) is 4.00. The smallest absolute Gasteiger partial charge is 0.264 e. The Morgan fingerprint density at radius 3 is 2.35 bits per heavy atom. The molecule has 26 heavy (non-hydrogen) atoms. The van der Waals surface area contributed by atoms with Crippen LogP contribution in [0, 0.1) is 6.92 Å². The number of amides is 1. The summed E-state index contributed by atoms with van der Waals surface area (Å²) in [4.78, 5) is 12.4. The Hall–Kier alpha value is -2.05. The first kappa shape index (κ1) is 20.3. The van der Waals surface area contributed by atoms with Crippen LogP contribution in [0.3, 0.4) is 0 Å². The Kier molecular flexibility index (Phi) is 6.31. The van der Waals surface area contributed by atoms with E-state index in [0.717, 1.165) is 16.3 Å². The SMILES string of the molecule is CC[C@@H](C)NC(=O)c1ccc(N(C)S(=O)(=O)c2ccc(C)cc2)cc1Cl. The fraction of sp³-hybridized carbons (Fsp3) is 0.316. The van der Waals surface area contributed by atoms with Crippen molar-refractivity contribution < 1.29 is 13.2 Å². The normalized spacial score (nSPS) is 12.5. The van der Waals surface area contributed by atoms with Crippen molar-refractivity contribution in [1.82, 2.24) is 5.32 Å². The zero-order chi connectivity index (χ0) is 19.5. The van der Waals surface area contributed by atoms with Crippen LogP contribution in [0.1, 0.15) is 36.2 Å². The minimum absolute atomic E-state index is 0.0304. The van der Waals surface area contributed by atoms with Crippen LogP contribution in [0.4, 0.5) is 5.69 Å². The number of anilines is 1. The summed E-state index contributed by atoms with van der Waals surface area (Å²) in [6, 6.07) is 11.3. The van der Waals surface area contributed by atoms with Gasteiger partial charge in [0.15, 0.2) is 0 Å².